The van der Waals surface area contributed by atoms with Gasteiger partial charge in [0, 0.05) is 12.4 Å². The molecule has 0 atom stereocenters. The Kier molecular flexibility index (Phi) is 2.42. The van der Waals surface area contributed by atoms with E-state index in [-0.39, 0.29) is 0 Å². The van der Waals surface area contributed by atoms with Crippen LogP contribution < -0.4 is 0 Å². The van der Waals surface area contributed by atoms with Crippen molar-refractivity contribution in [1.82, 2.24) is 14.5 Å². The Balaban J connectivity index is 2.42. The van der Waals surface area contributed by atoms with Gasteiger partial charge in [-0.3, -0.25) is 0 Å². The molecule has 0 N–H and O–H groups in total. The molecule has 0 bridgehead atoms. The molecule has 5 heteroatoms. The van der Waals surface area contributed by atoms with Gasteiger partial charge >= 0.3 is 0 Å². The monoisotopic (exact) mass is 263 g/mol. The zero-order valence-corrected chi connectivity index (χ0v) is 11.0. The van der Waals surface area contributed by atoms with Gasteiger partial charge in [0.2, 0.25) is 0 Å². The van der Waals surface area contributed by atoms with Crippen molar-refractivity contribution in [3.63, 3.8) is 0 Å². The Morgan fingerprint density at radius 3 is 2.88 bits per heavy atom. The predicted octanol–water partition coefficient (Wildman–Crippen LogP) is 3.66. The number of aryl methyl sites for hydroxylation is 2. The number of aromatic nitrogens is 3. The average molecular weight is 264 g/mol. The van der Waals surface area contributed by atoms with Crippen LogP contribution >= 0.6 is 22.9 Å². The molecule has 0 unspecified atom stereocenters. The maximum atomic E-state index is 6.14. The SMILES string of the molecule is Cc1nc(-c2cccs2)c2cc(Cl)n(C)c2n1. The van der Waals surface area contributed by atoms with Gasteiger partial charge in [-0.05, 0) is 24.4 Å². The first-order chi connectivity index (χ1) is 8.16. The molecule has 3 heterocycles. The van der Waals surface area contributed by atoms with Crippen LogP contribution in [0.2, 0.25) is 5.15 Å². The minimum atomic E-state index is 0.678. The summed E-state index contributed by atoms with van der Waals surface area (Å²) in [6, 6.07) is 6.01. The van der Waals surface area contributed by atoms with Crippen molar-refractivity contribution in [2.24, 2.45) is 7.05 Å². The third-order valence-corrected chi connectivity index (χ3v) is 3.93. The van der Waals surface area contributed by atoms with Gasteiger partial charge in [0.1, 0.15) is 16.6 Å². The highest BCUT2D eigenvalue weighted by Gasteiger charge is 2.13. The van der Waals surface area contributed by atoms with Crippen molar-refractivity contribution < 1.29 is 0 Å². The summed E-state index contributed by atoms with van der Waals surface area (Å²) in [6.45, 7) is 1.90. The first kappa shape index (κ1) is 10.7. The molecular weight excluding hydrogens is 254 g/mol. The summed E-state index contributed by atoms with van der Waals surface area (Å²) in [5, 5.41) is 3.73. The second-order valence-corrected chi connectivity index (χ2v) is 5.20. The van der Waals surface area contributed by atoms with Gasteiger partial charge in [-0.25, -0.2) is 9.97 Å². The highest BCUT2D eigenvalue weighted by atomic mass is 35.5. The third-order valence-electron chi connectivity index (χ3n) is 2.69. The molecule has 3 aromatic heterocycles. The Morgan fingerprint density at radius 1 is 1.35 bits per heavy atom. The molecule has 0 spiro atoms. The van der Waals surface area contributed by atoms with Crippen LogP contribution in [0.3, 0.4) is 0 Å². The minimum absolute atomic E-state index is 0.678. The highest BCUT2D eigenvalue weighted by molar-refractivity contribution is 7.13. The van der Waals surface area contributed by atoms with Crippen LogP contribution in [0.15, 0.2) is 23.6 Å². The number of halogens is 1. The topological polar surface area (TPSA) is 30.7 Å². The first-order valence-electron chi connectivity index (χ1n) is 5.20. The number of rotatable bonds is 1. The fraction of sp³-hybridized carbons (Fsp3) is 0.167. The van der Waals surface area contributed by atoms with Crippen LogP contribution in [-0.4, -0.2) is 14.5 Å². The molecule has 3 rings (SSSR count). The number of nitrogens with zero attached hydrogens (tertiary/aromatic N) is 3. The van der Waals surface area contributed by atoms with Crippen molar-refractivity contribution in [2.45, 2.75) is 6.92 Å². The third kappa shape index (κ3) is 1.64. The second-order valence-electron chi connectivity index (χ2n) is 3.86. The van der Waals surface area contributed by atoms with Crippen LogP contribution in [-0.2, 0) is 7.05 Å². The van der Waals surface area contributed by atoms with E-state index in [9.17, 15) is 0 Å². The lowest BCUT2D eigenvalue weighted by Crippen LogP contribution is -1.95. The number of hydrogen-bond acceptors (Lipinski definition) is 3. The van der Waals surface area contributed by atoms with Crippen molar-refractivity contribution in [3.8, 4) is 10.6 Å². The van der Waals surface area contributed by atoms with Gasteiger partial charge in [-0.15, -0.1) is 11.3 Å². The first-order valence-corrected chi connectivity index (χ1v) is 6.46. The Hall–Kier alpha value is -1.39. The predicted molar refractivity (Wildman–Crippen MR) is 71.6 cm³/mol. The van der Waals surface area contributed by atoms with E-state index in [0.717, 1.165) is 27.4 Å². The molecule has 17 heavy (non-hydrogen) atoms. The Bertz CT molecular complexity index is 685. The van der Waals surface area contributed by atoms with E-state index in [0.29, 0.717) is 5.15 Å². The summed E-state index contributed by atoms with van der Waals surface area (Å²) < 4.78 is 1.88. The van der Waals surface area contributed by atoms with Crippen molar-refractivity contribution in [2.75, 3.05) is 0 Å². The zero-order valence-electron chi connectivity index (χ0n) is 9.44. The maximum Gasteiger partial charge on any atom is 0.145 e. The minimum Gasteiger partial charge on any atom is -0.319 e. The quantitative estimate of drug-likeness (QED) is 0.671. The molecule has 3 aromatic rings. The largest absolute Gasteiger partial charge is 0.319 e. The lowest BCUT2D eigenvalue weighted by Gasteiger charge is -2.02. The Morgan fingerprint density at radius 2 is 2.18 bits per heavy atom. The van der Waals surface area contributed by atoms with Crippen molar-refractivity contribution >= 4 is 34.0 Å². The summed E-state index contributed by atoms with van der Waals surface area (Å²) in [6.07, 6.45) is 0. The van der Waals surface area contributed by atoms with E-state index < -0.39 is 0 Å². The number of thiophene rings is 1. The van der Waals surface area contributed by atoms with E-state index in [1.54, 1.807) is 11.3 Å². The molecule has 0 aromatic carbocycles. The van der Waals surface area contributed by atoms with Gasteiger partial charge in [0.05, 0.1) is 10.6 Å². The summed E-state index contributed by atoms with van der Waals surface area (Å²) in [5.74, 6) is 0.763. The summed E-state index contributed by atoms with van der Waals surface area (Å²) in [5.41, 5.74) is 1.84. The van der Waals surface area contributed by atoms with Crippen molar-refractivity contribution in [3.05, 3.63) is 34.6 Å². The van der Waals surface area contributed by atoms with Gasteiger partial charge in [-0.1, -0.05) is 17.7 Å². The molecule has 3 nitrogen and oxygen atoms in total. The fourth-order valence-electron chi connectivity index (χ4n) is 1.87. The maximum absolute atomic E-state index is 6.14. The van der Waals surface area contributed by atoms with Crippen LogP contribution in [0.4, 0.5) is 0 Å². The average Bonchev–Trinajstić information content (AvgIpc) is 2.90. The summed E-state index contributed by atoms with van der Waals surface area (Å²) in [7, 11) is 1.91. The normalized spacial score (nSPS) is 11.2. The molecule has 0 radical (unpaired) electrons. The molecule has 0 fully saturated rings. The molecule has 0 aliphatic rings. The van der Waals surface area contributed by atoms with Gasteiger partial charge in [0.15, 0.2) is 0 Å². The zero-order chi connectivity index (χ0) is 12.0. The van der Waals surface area contributed by atoms with Gasteiger partial charge in [0.25, 0.3) is 0 Å². The van der Waals surface area contributed by atoms with Crippen LogP contribution in [0.25, 0.3) is 21.6 Å². The smallest absolute Gasteiger partial charge is 0.145 e. The number of hydrogen-bond donors (Lipinski definition) is 0. The van der Waals surface area contributed by atoms with Gasteiger partial charge in [-0.2, -0.15) is 0 Å². The molecule has 0 amide bonds. The number of fused-ring (bicyclic) bond motifs is 1. The summed E-state index contributed by atoms with van der Waals surface area (Å²) in [4.78, 5) is 10.1. The van der Waals surface area contributed by atoms with E-state index in [2.05, 4.69) is 16.0 Å². The lowest BCUT2D eigenvalue weighted by atomic mass is 10.2. The van der Waals surface area contributed by atoms with E-state index in [1.165, 1.54) is 0 Å². The van der Waals surface area contributed by atoms with E-state index in [4.69, 9.17) is 11.6 Å². The van der Waals surface area contributed by atoms with Crippen LogP contribution in [0.5, 0.6) is 0 Å². The lowest BCUT2D eigenvalue weighted by molar-refractivity contribution is 0.934. The molecule has 0 aliphatic carbocycles. The molecule has 0 aliphatic heterocycles. The molecule has 0 saturated carbocycles. The van der Waals surface area contributed by atoms with E-state index >= 15 is 0 Å². The second kappa shape index (κ2) is 3.82. The Labute approximate surface area is 108 Å². The van der Waals surface area contributed by atoms with E-state index in [1.807, 2.05) is 36.1 Å². The standard InChI is InChI=1S/C12H10ClN3S/c1-7-14-11(9-4-3-5-17-9)8-6-10(13)16(2)12(8)15-7/h3-6H,1-2H3. The van der Waals surface area contributed by atoms with Crippen LogP contribution in [0, 0.1) is 6.92 Å². The van der Waals surface area contributed by atoms with Gasteiger partial charge < -0.3 is 4.57 Å². The molecule has 0 saturated heterocycles. The fourth-order valence-corrected chi connectivity index (χ4v) is 2.79. The summed E-state index contributed by atoms with van der Waals surface area (Å²) >= 11 is 7.81. The molecule has 86 valence electrons. The molecular formula is C12H10ClN3S. The van der Waals surface area contributed by atoms with Crippen molar-refractivity contribution in [1.29, 1.82) is 0 Å². The van der Waals surface area contributed by atoms with Crippen LogP contribution in [0.1, 0.15) is 5.82 Å². The highest BCUT2D eigenvalue weighted by Crippen LogP contribution is 2.32.